The monoisotopic (exact) mass is 216 g/mol. The summed E-state index contributed by atoms with van der Waals surface area (Å²) in [5.41, 5.74) is 4.75. The highest BCUT2D eigenvalue weighted by molar-refractivity contribution is 5.84. The van der Waals surface area contributed by atoms with Crippen LogP contribution in [0.15, 0.2) is 0 Å². The van der Waals surface area contributed by atoms with Gasteiger partial charge in [0.15, 0.2) is 0 Å². The maximum atomic E-state index is 11.1. The van der Waals surface area contributed by atoms with Crippen molar-refractivity contribution in [1.29, 1.82) is 0 Å². The highest BCUT2D eigenvalue weighted by Gasteiger charge is 2.29. The zero-order valence-electron chi connectivity index (χ0n) is 10.5. The fourth-order valence-electron chi connectivity index (χ4n) is 0.921. The van der Waals surface area contributed by atoms with Crippen LogP contribution in [0.5, 0.6) is 0 Å². The number of nitrogens with one attached hydrogen (secondary N) is 1. The van der Waals surface area contributed by atoms with Gasteiger partial charge < -0.3 is 15.8 Å². The lowest BCUT2D eigenvalue weighted by molar-refractivity contribution is -0.126. The molecule has 0 saturated heterocycles. The molecule has 0 aromatic carbocycles. The molecule has 4 heteroatoms. The van der Waals surface area contributed by atoms with Crippen molar-refractivity contribution in [3.63, 3.8) is 0 Å². The Kier molecular flexibility index (Phi) is 5.24. The largest absolute Gasteiger partial charge is 0.379 e. The van der Waals surface area contributed by atoms with Gasteiger partial charge in [-0.05, 0) is 25.8 Å². The van der Waals surface area contributed by atoms with Crippen molar-refractivity contribution in [2.75, 3.05) is 20.3 Å². The van der Waals surface area contributed by atoms with Crippen LogP contribution in [0.3, 0.4) is 0 Å². The quantitative estimate of drug-likeness (QED) is 0.648. The van der Waals surface area contributed by atoms with Crippen molar-refractivity contribution in [3.05, 3.63) is 0 Å². The molecule has 0 aromatic rings. The van der Waals surface area contributed by atoms with Crippen molar-refractivity contribution >= 4 is 5.91 Å². The Balaban J connectivity index is 3.89. The van der Waals surface area contributed by atoms with Gasteiger partial charge in [0.05, 0.1) is 6.61 Å². The van der Waals surface area contributed by atoms with Crippen molar-refractivity contribution < 1.29 is 9.53 Å². The molecule has 90 valence electrons. The summed E-state index contributed by atoms with van der Waals surface area (Å²) in [6.07, 6.45) is 0.964. The van der Waals surface area contributed by atoms with Gasteiger partial charge in [0.2, 0.25) is 5.91 Å². The first-order valence-corrected chi connectivity index (χ1v) is 5.28. The van der Waals surface area contributed by atoms with Crippen molar-refractivity contribution in [1.82, 2.24) is 5.32 Å². The smallest absolute Gasteiger partial charge is 0.239 e. The number of primary amides is 1. The molecule has 0 bridgehead atoms. The molecule has 4 nitrogen and oxygen atoms in total. The third-order valence-electron chi connectivity index (χ3n) is 2.48. The van der Waals surface area contributed by atoms with E-state index in [9.17, 15) is 4.79 Å². The lowest BCUT2D eigenvalue weighted by Gasteiger charge is -2.26. The maximum Gasteiger partial charge on any atom is 0.239 e. The van der Waals surface area contributed by atoms with Gasteiger partial charge in [-0.3, -0.25) is 4.79 Å². The molecular weight excluding hydrogens is 192 g/mol. The summed E-state index contributed by atoms with van der Waals surface area (Å²) < 4.78 is 5.46. The summed E-state index contributed by atoms with van der Waals surface area (Å²) in [7, 11) is 1.71. The van der Waals surface area contributed by atoms with Crippen LogP contribution in [0.4, 0.5) is 0 Å². The second kappa shape index (κ2) is 5.47. The van der Waals surface area contributed by atoms with Gasteiger partial charge in [0, 0.05) is 6.61 Å². The molecule has 1 unspecified atom stereocenters. The van der Waals surface area contributed by atoms with E-state index in [1.807, 2.05) is 0 Å². The zero-order valence-corrected chi connectivity index (χ0v) is 10.5. The van der Waals surface area contributed by atoms with Crippen LogP contribution in [-0.2, 0) is 9.53 Å². The first-order chi connectivity index (χ1) is 6.71. The van der Waals surface area contributed by atoms with E-state index >= 15 is 0 Å². The topological polar surface area (TPSA) is 64.3 Å². The third-order valence-corrected chi connectivity index (χ3v) is 2.48. The second-order valence-corrected chi connectivity index (χ2v) is 5.31. The highest BCUT2D eigenvalue weighted by atomic mass is 16.5. The van der Waals surface area contributed by atoms with E-state index < -0.39 is 5.54 Å². The zero-order chi connectivity index (χ0) is 12.1. The molecule has 1 atom stereocenters. The first kappa shape index (κ1) is 14.4. The normalized spacial score (nSPS) is 16.1. The molecule has 3 N–H and O–H groups in total. The van der Waals surface area contributed by atoms with Gasteiger partial charge in [-0.2, -0.15) is 0 Å². The van der Waals surface area contributed by atoms with Gasteiger partial charge in [-0.15, -0.1) is 0 Å². The summed E-state index contributed by atoms with van der Waals surface area (Å²) in [4.78, 5) is 11.1. The summed E-state index contributed by atoms with van der Waals surface area (Å²) >= 11 is 0. The van der Waals surface area contributed by atoms with Crippen molar-refractivity contribution in [3.8, 4) is 0 Å². The molecule has 0 aromatic heterocycles. The Labute approximate surface area is 92.6 Å². The first-order valence-electron chi connectivity index (χ1n) is 5.28. The molecule has 0 aliphatic heterocycles. The number of ether oxygens (including phenoxy) is 1. The van der Waals surface area contributed by atoms with Gasteiger partial charge in [-0.1, -0.05) is 20.8 Å². The molecule has 0 rings (SSSR count). The van der Waals surface area contributed by atoms with Crippen LogP contribution in [0.2, 0.25) is 0 Å². The Morgan fingerprint density at radius 1 is 1.33 bits per heavy atom. The minimum Gasteiger partial charge on any atom is -0.379 e. The predicted octanol–water partition coefficient (Wildman–Crippen LogP) is 0.903. The molecule has 15 heavy (non-hydrogen) atoms. The van der Waals surface area contributed by atoms with Crippen LogP contribution in [0, 0.1) is 5.41 Å². The van der Waals surface area contributed by atoms with Gasteiger partial charge in [0.1, 0.15) is 5.54 Å². The molecule has 0 heterocycles. The highest BCUT2D eigenvalue weighted by Crippen LogP contribution is 2.18. The van der Waals surface area contributed by atoms with E-state index in [1.54, 1.807) is 14.0 Å². The van der Waals surface area contributed by atoms with E-state index in [4.69, 9.17) is 10.5 Å². The van der Waals surface area contributed by atoms with E-state index in [2.05, 4.69) is 26.1 Å². The summed E-state index contributed by atoms with van der Waals surface area (Å²) in [5, 5.41) is 2.88. The predicted molar refractivity (Wildman–Crippen MR) is 61.6 cm³/mol. The molecular formula is C11H24N2O2. The average Bonchev–Trinajstić information content (AvgIpc) is 2.10. The lowest BCUT2D eigenvalue weighted by Crippen LogP contribution is -2.54. The van der Waals surface area contributed by atoms with Crippen LogP contribution >= 0.6 is 0 Å². The van der Waals surface area contributed by atoms with Crippen LogP contribution < -0.4 is 11.1 Å². The number of rotatable bonds is 6. The standard InChI is InChI=1S/C11H24N2O2/c1-10(2,3)6-7-15-8-11(4,13-5)9(12)14/h13H,6-8H2,1-5H3,(H2,12,14). The number of carbonyl (C=O) groups excluding carboxylic acids is 1. The number of amides is 1. The van der Waals surface area contributed by atoms with E-state index in [1.165, 1.54) is 0 Å². The van der Waals surface area contributed by atoms with Crippen LogP contribution in [0.25, 0.3) is 0 Å². The Hall–Kier alpha value is -0.610. The minimum absolute atomic E-state index is 0.253. The lowest BCUT2D eigenvalue weighted by atomic mass is 9.93. The fraction of sp³-hybridized carbons (Fsp3) is 0.909. The second-order valence-electron chi connectivity index (χ2n) is 5.31. The molecule has 0 aliphatic rings. The average molecular weight is 216 g/mol. The Morgan fingerprint density at radius 3 is 2.20 bits per heavy atom. The summed E-state index contributed by atoms with van der Waals surface area (Å²) in [6, 6.07) is 0. The summed E-state index contributed by atoms with van der Waals surface area (Å²) in [5.74, 6) is -0.388. The molecule has 0 saturated carbocycles. The van der Waals surface area contributed by atoms with E-state index in [0.29, 0.717) is 13.2 Å². The molecule has 0 fully saturated rings. The van der Waals surface area contributed by atoms with E-state index in [-0.39, 0.29) is 11.3 Å². The summed E-state index contributed by atoms with van der Waals surface area (Å²) in [6.45, 7) is 9.17. The number of hydrogen-bond donors (Lipinski definition) is 2. The van der Waals surface area contributed by atoms with Gasteiger partial charge in [0.25, 0.3) is 0 Å². The van der Waals surface area contributed by atoms with Crippen molar-refractivity contribution in [2.24, 2.45) is 11.1 Å². The molecule has 0 aliphatic carbocycles. The Bertz CT molecular complexity index is 211. The number of nitrogens with two attached hydrogens (primary N) is 1. The van der Waals surface area contributed by atoms with Gasteiger partial charge in [-0.25, -0.2) is 0 Å². The molecule has 0 spiro atoms. The SMILES string of the molecule is CNC(C)(COCCC(C)(C)C)C(N)=O. The van der Waals surface area contributed by atoms with Crippen molar-refractivity contribution in [2.45, 2.75) is 39.7 Å². The van der Waals surface area contributed by atoms with Crippen LogP contribution in [-0.4, -0.2) is 31.7 Å². The fourth-order valence-corrected chi connectivity index (χ4v) is 0.921. The number of likely N-dealkylation sites (N-methyl/N-ethyl adjacent to an activating group) is 1. The number of carbonyl (C=O) groups is 1. The Morgan fingerprint density at radius 2 is 1.87 bits per heavy atom. The molecule has 0 radical (unpaired) electrons. The van der Waals surface area contributed by atoms with Gasteiger partial charge >= 0.3 is 0 Å². The third kappa shape index (κ3) is 5.74. The van der Waals surface area contributed by atoms with Crippen LogP contribution in [0.1, 0.15) is 34.1 Å². The maximum absolute atomic E-state index is 11.1. The van der Waals surface area contributed by atoms with E-state index in [0.717, 1.165) is 6.42 Å². The minimum atomic E-state index is -0.766. The molecule has 1 amide bonds. The number of hydrogen-bond acceptors (Lipinski definition) is 3.